The number of halogens is 1. The maximum atomic E-state index is 13.6. The largest absolute Gasteiger partial charge is 0.309 e. The Balaban J connectivity index is 2.19. The molecular weight excluding hydrogens is 281 g/mol. The van der Waals surface area contributed by atoms with Crippen LogP contribution in [0.1, 0.15) is 28.3 Å². The first-order valence-corrected chi connectivity index (χ1v) is 7.90. The average Bonchev–Trinajstić information content (AvgIpc) is 2.86. The van der Waals surface area contributed by atoms with Crippen molar-refractivity contribution in [1.82, 2.24) is 5.32 Å². The van der Waals surface area contributed by atoms with E-state index in [2.05, 4.69) is 35.0 Å². The van der Waals surface area contributed by atoms with Gasteiger partial charge in [0, 0.05) is 4.70 Å². The highest BCUT2D eigenvalue weighted by atomic mass is 32.1. The van der Waals surface area contributed by atoms with Crippen LogP contribution in [0.15, 0.2) is 41.8 Å². The molecular formula is C18H18FNS. The third-order valence-corrected chi connectivity index (χ3v) is 4.94. The fourth-order valence-electron chi connectivity index (χ4n) is 3.05. The lowest BCUT2D eigenvalue weighted by atomic mass is 9.91. The second-order valence-electron chi connectivity index (χ2n) is 5.36. The zero-order valence-electron chi connectivity index (χ0n) is 12.4. The van der Waals surface area contributed by atoms with E-state index in [0.717, 1.165) is 11.1 Å². The number of fused-ring (bicyclic) bond motifs is 1. The summed E-state index contributed by atoms with van der Waals surface area (Å²) in [7, 11) is 1.96. The van der Waals surface area contributed by atoms with Gasteiger partial charge in [0.1, 0.15) is 5.82 Å². The Kier molecular flexibility index (Phi) is 3.79. The van der Waals surface area contributed by atoms with Gasteiger partial charge in [0.05, 0.1) is 6.04 Å². The van der Waals surface area contributed by atoms with Gasteiger partial charge in [-0.25, -0.2) is 4.39 Å². The summed E-state index contributed by atoms with van der Waals surface area (Å²) in [5.74, 6) is -0.168. The second-order valence-corrected chi connectivity index (χ2v) is 6.27. The Bertz CT molecular complexity index is 768. The standard InChI is InChI=1S/C18H18FNS/c1-11-8-13(19)9-12(2)17(11)18(20-3)15-10-21-16-7-5-4-6-14(15)16/h4-10,18,20H,1-3H3. The van der Waals surface area contributed by atoms with Crippen molar-refractivity contribution in [3.8, 4) is 0 Å². The van der Waals surface area contributed by atoms with Crippen LogP contribution in [0.3, 0.4) is 0 Å². The van der Waals surface area contributed by atoms with E-state index < -0.39 is 0 Å². The lowest BCUT2D eigenvalue weighted by molar-refractivity contribution is 0.619. The third-order valence-electron chi connectivity index (χ3n) is 3.96. The van der Waals surface area contributed by atoms with Gasteiger partial charge in [-0.3, -0.25) is 0 Å². The molecule has 0 spiro atoms. The smallest absolute Gasteiger partial charge is 0.123 e. The number of rotatable bonds is 3. The Morgan fingerprint density at radius 2 is 1.76 bits per heavy atom. The molecule has 1 heterocycles. The van der Waals surface area contributed by atoms with Gasteiger partial charge in [0.2, 0.25) is 0 Å². The molecule has 0 aliphatic rings. The van der Waals surface area contributed by atoms with Crippen LogP contribution in [0, 0.1) is 19.7 Å². The van der Waals surface area contributed by atoms with Crippen molar-refractivity contribution in [3.05, 3.63) is 69.8 Å². The molecule has 108 valence electrons. The SMILES string of the molecule is CNC(c1c(C)cc(F)cc1C)c1csc2ccccc12. The lowest BCUT2D eigenvalue weighted by Crippen LogP contribution is -2.19. The third kappa shape index (κ3) is 2.47. The summed E-state index contributed by atoms with van der Waals surface area (Å²) in [6.45, 7) is 3.95. The molecule has 0 saturated heterocycles. The first-order chi connectivity index (χ1) is 10.1. The van der Waals surface area contributed by atoms with Crippen molar-refractivity contribution in [2.24, 2.45) is 0 Å². The summed E-state index contributed by atoms with van der Waals surface area (Å²) in [6.07, 6.45) is 0. The molecule has 1 atom stereocenters. The van der Waals surface area contributed by atoms with E-state index >= 15 is 0 Å². The first kappa shape index (κ1) is 14.2. The molecule has 1 aromatic heterocycles. The molecule has 0 saturated carbocycles. The molecule has 0 fully saturated rings. The number of hydrogen-bond acceptors (Lipinski definition) is 2. The number of benzene rings is 2. The van der Waals surface area contributed by atoms with Crippen molar-refractivity contribution in [3.63, 3.8) is 0 Å². The number of nitrogens with one attached hydrogen (secondary N) is 1. The maximum absolute atomic E-state index is 13.6. The van der Waals surface area contributed by atoms with Crippen LogP contribution in [-0.2, 0) is 0 Å². The molecule has 3 heteroatoms. The summed E-state index contributed by atoms with van der Waals surface area (Å²) in [5, 5.41) is 6.87. The maximum Gasteiger partial charge on any atom is 0.123 e. The Hall–Kier alpha value is -1.71. The molecule has 2 aromatic carbocycles. The zero-order chi connectivity index (χ0) is 15.0. The van der Waals surface area contributed by atoms with Crippen LogP contribution < -0.4 is 5.32 Å². The topological polar surface area (TPSA) is 12.0 Å². The van der Waals surface area contributed by atoms with Crippen molar-refractivity contribution >= 4 is 21.4 Å². The van der Waals surface area contributed by atoms with Crippen LogP contribution >= 0.6 is 11.3 Å². The van der Waals surface area contributed by atoms with Crippen LogP contribution in [0.4, 0.5) is 4.39 Å². The Morgan fingerprint density at radius 3 is 2.43 bits per heavy atom. The van der Waals surface area contributed by atoms with Crippen LogP contribution in [-0.4, -0.2) is 7.05 Å². The summed E-state index contributed by atoms with van der Waals surface area (Å²) < 4.78 is 14.8. The Morgan fingerprint density at radius 1 is 1.10 bits per heavy atom. The minimum atomic E-state index is -0.168. The molecule has 3 aromatic rings. The molecule has 0 amide bonds. The van der Waals surface area contributed by atoms with E-state index in [-0.39, 0.29) is 11.9 Å². The van der Waals surface area contributed by atoms with E-state index in [0.29, 0.717) is 0 Å². The molecule has 1 N–H and O–H groups in total. The van der Waals surface area contributed by atoms with Gasteiger partial charge >= 0.3 is 0 Å². The predicted molar refractivity (Wildman–Crippen MR) is 88.6 cm³/mol. The van der Waals surface area contributed by atoms with Gasteiger partial charge in [0.25, 0.3) is 0 Å². The number of hydrogen-bond donors (Lipinski definition) is 1. The number of thiophene rings is 1. The van der Waals surface area contributed by atoms with E-state index in [1.165, 1.54) is 21.2 Å². The quantitative estimate of drug-likeness (QED) is 0.720. The van der Waals surface area contributed by atoms with Gasteiger partial charge in [-0.05, 0) is 72.1 Å². The molecule has 21 heavy (non-hydrogen) atoms. The highest BCUT2D eigenvalue weighted by molar-refractivity contribution is 7.17. The highest BCUT2D eigenvalue weighted by Crippen LogP contribution is 2.35. The van der Waals surface area contributed by atoms with Crippen molar-refractivity contribution < 1.29 is 4.39 Å². The lowest BCUT2D eigenvalue weighted by Gasteiger charge is -2.21. The van der Waals surface area contributed by atoms with Crippen molar-refractivity contribution in [2.75, 3.05) is 7.05 Å². The molecule has 1 nitrogen and oxygen atoms in total. The normalized spacial score (nSPS) is 12.8. The fourth-order valence-corrected chi connectivity index (χ4v) is 4.04. The zero-order valence-corrected chi connectivity index (χ0v) is 13.2. The second kappa shape index (κ2) is 5.58. The summed E-state index contributed by atoms with van der Waals surface area (Å²) in [4.78, 5) is 0. The molecule has 0 aliphatic carbocycles. The minimum absolute atomic E-state index is 0.0850. The van der Waals surface area contributed by atoms with Gasteiger partial charge < -0.3 is 5.32 Å². The number of aryl methyl sites for hydroxylation is 2. The summed E-state index contributed by atoms with van der Waals surface area (Å²) >= 11 is 1.75. The van der Waals surface area contributed by atoms with Crippen LogP contribution in [0.2, 0.25) is 0 Å². The van der Waals surface area contributed by atoms with Gasteiger partial charge in [-0.1, -0.05) is 18.2 Å². The fraction of sp³-hybridized carbons (Fsp3) is 0.222. The molecule has 0 aliphatic heterocycles. The van der Waals surface area contributed by atoms with Gasteiger partial charge in [0.15, 0.2) is 0 Å². The molecule has 0 radical (unpaired) electrons. The Labute approximate surface area is 128 Å². The molecule has 3 rings (SSSR count). The van der Waals surface area contributed by atoms with E-state index in [1.807, 2.05) is 20.9 Å². The predicted octanol–water partition coefficient (Wildman–Crippen LogP) is 4.97. The molecule has 1 unspecified atom stereocenters. The van der Waals surface area contributed by atoms with Crippen LogP contribution in [0.25, 0.3) is 10.1 Å². The van der Waals surface area contributed by atoms with E-state index in [9.17, 15) is 4.39 Å². The average molecular weight is 299 g/mol. The molecule has 0 bridgehead atoms. The summed E-state index contributed by atoms with van der Waals surface area (Å²) in [6, 6.07) is 11.7. The monoisotopic (exact) mass is 299 g/mol. The van der Waals surface area contributed by atoms with E-state index in [1.54, 1.807) is 23.5 Å². The van der Waals surface area contributed by atoms with Crippen molar-refractivity contribution in [1.29, 1.82) is 0 Å². The van der Waals surface area contributed by atoms with Crippen molar-refractivity contribution in [2.45, 2.75) is 19.9 Å². The first-order valence-electron chi connectivity index (χ1n) is 7.02. The highest BCUT2D eigenvalue weighted by Gasteiger charge is 2.20. The van der Waals surface area contributed by atoms with Crippen LogP contribution in [0.5, 0.6) is 0 Å². The van der Waals surface area contributed by atoms with Gasteiger partial charge in [-0.15, -0.1) is 11.3 Å². The minimum Gasteiger partial charge on any atom is -0.309 e. The van der Waals surface area contributed by atoms with Gasteiger partial charge in [-0.2, -0.15) is 0 Å². The summed E-state index contributed by atoms with van der Waals surface area (Å²) in [5.41, 5.74) is 4.41. The van der Waals surface area contributed by atoms with E-state index in [4.69, 9.17) is 0 Å².